The van der Waals surface area contributed by atoms with Gasteiger partial charge in [0.25, 0.3) is 6.71 Å². The van der Waals surface area contributed by atoms with Gasteiger partial charge in [-0.2, -0.15) is 5.26 Å². The minimum atomic E-state index is -0.279. The molecule has 18 aromatic rings. The quantitative estimate of drug-likeness (QED) is 0.149. The molecule has 0 N–H and O–H groups in total. The molecule has 105 heavy (non-hydrogen) atoms. The third-order valence-electron chi connectivity index (χ3n) is 23.3. The first-order valence-corrected chi connectivity index (χ1v) is 36.6. The fourth-order valence-electron chi connectivity index (χ4n) is 17.8. The van der Waals surface area contributed by atoms with Gasteiger partial charge < -0.3 is 27.8 Å². The number of hydrogen-bond acceptors (Lipinski definition) is 5. The lowest BCUT2D eigenvalue weighted by molar-refractivity contribution is 0.590. The maximum atomic E-state index is 10.6. The summed E-state index contributed by atoms with van der Waals surface area (Å²) in [5, 5.41) is 19.4. The maximum absolute atomic E-state index is 10.6. The lowest BCUT2D eigenvalue weighted by Crippen LogP contribution is -2.61. The van der Waals surface area contributed by atoms with E-state index in [1.807, 2.05) is 18.2 Å². The first-order chi connectivity index (χ1) is 51.0. The number of fused-ring (bicyclic) bond motifs is 17. The van der Waals surface area contributed by atoms with E-state index in [-0.39, 0.29) is 17.5 Å². The van der Waals surface area contributed by atoms with Gasteiger partial charge in [-0.05, 0) is 182 Å². The number of nitrogens with zero attached hydrogens (tertiary/aromatic N) is 5. The van der Waals surface area contributed by atoms with Crippen LogP contribution in [-0.4, -0.2) is 47.2 Å². The fourth-order valence-corrected chi connectivity index (χ4v) is 17.8. The summed E-state index contributed by atoms with van der Waals surface area (Å²) in [5.74, 6) is 0. The lowest BCUT2D eigenvalue weighted by Gasteiger charge is -2.45. The second-order valence-electron chi connectivity index (χ2n) is 31.2. The molecule has 0 spiro atoms. The number of aromatic nitrogens is 2. The van der Waals surface area contributed by atoms with Crippen LogP contribution in [0.3, 0.4) is 0 Å². The molecule has 0 radical (unpaired) electrons. The highest BCUT2D eigenvalue weighted by atomic mass is 16.3. The SMILES string of the molecule is Bc1c(B)c(B)c2c(c1B)c1cc(C#N)ccc1n2-c1ccc2c(c1)N(c1ccc(C(C)(C)C)cc1-c1ccccc1)c1cc(-c3ccc4oc5ccc6oc7ccccc7c6c5c4c3)cc3c1B2c1ccc(-n2c4ccccc4c4ccccc42)cc1N3c1ccc(C(C)(C)C)cc1-c1ccccc1. The number of benzene rings is 14. The van der Waals surface area contributed by atoms with Crippen LogP contribution in [0.4, 0.5) is 34.1 Å². The molecule has 14 aromatic carbocycles. The van der Waals surface area contributed by atoms with E-state index in [1.165, 1.54) is 65.5 Å². The third kappa shape index (κ3) is 9.30. The average Bonchev–Trinajstić information content (AvgIpc) is 1.58. The molecule has 0 unspecified atom stereocenters. The monoisotopic (exact) mass is 1340 g/mol. The van der Waals surface area contributed by atoms with E-state index < -0.39 is 0 Å². The van der Waals surface area contributed by atoms with E-state index in [0.29, 0.717) is 5.56 Å². The molecule has 0 aliphatic carbocycles. The second kappa shape index (κ2) is 22.8. The minimum Gasteiger partial charge on any atom is -0.456 e. The van der Waals surface area contributed by atoms with Crippen LogP contribution in [0.2, 0.25) is 0 Å². The molecule has 20 rings (SSSR count). The van der Waals surface area contributed by atoms with Crippen LogP contribution in [-0.2, 0) is 10.8 Å². The number of furan rings is 2. The van der Waals surface area contributed by atoms with E-state index in [2.05, 4.69) is 347 Å². The van der Waals surface area contributed by atoms with Crippen LogP contribution in [0.5, 0.6) is 0 Å². The van der Waals surface area contributed by atoms with Crippen LogP contribution in [0.25, 0.3) is 132 Å². The smallest absolute Gasteiger partial charge is 0.252 e. The van der Waals surface area contributed by atoms with Gasteiger partial charge in [-0.25, -0.2) is 0 Å². The summed E-state index contributed by atoms with van der Waals surface area (Å²) >= 11 is 0. The molecule has 2 aliphatic rings. The zero-order chi connectivity index (χ0) is 71.2. The first kappa shape index (κ1) is 62.5. The Morgan fingerprint density at radius 3 is 1.39 bits per heavy atom. The van der Waals surface area contributed by atoms with E-state index in [4.69, 9.17) is 8.83 Å². The van der Waals surface area contributed by atoms with Crippen LogP contribution in [0.15, 0.2) is 276 Å². The molecule has 2 aliphatic heterocycles. The number of nitriles is 1. The third-order valence-corrected chi connectivity index (χ3v) is 23.3. The van der Waals surface area contributed by atoms with Crippen molar-refractivity contribution in [3.05, 3.63) is 284 Å². The van der Waals surface area contributed by atoms with Gasteiger partial charge >= 0.3 is 0 Å². The topological polar surface area (TPSA) is 66.4 Å². The van der Waals surface area contributed by atoms with Crippen molar-refractivity contribution in [2.75, 3.05) is 9.80 Å². The zero-order valence-electron chi connectivity index (χ0n) is 60.5. The summed E-state index contributed by atoms with van der Waals surface area (Å²) in [5.41, 5.74) is 34.4. The van der Waals surface area contributed by atoms with Crippen molar-refractivity contribution >= 4 is 198 Å². The van der Waals surface area contributed by atoms with Gasteiger partial charge in [-0.1, -0.05) is 204 Å². The van der Waals surface area contributed by atoms with E-state index in [0.717, 1.165) is 150 Å². The molecule has 0 saturated heterocycles. The highest BCUT2D eigenvalue weighted by molar-refractivity contribution is 7.00. The van der Waals surface area contributed by atoms with Gasteiger partial charge in [0.15, 0.2) is 0 Å². The van der Waals surface area contributed by atoms with Crippen molar-refractivity contribution in [1.29, 1.82) is 5.26 Å². The van der Waals surface area contributed by atoms with E-state index in [9.17, 15) is 5.26 Å². The van der Waals surface area contributed by atoms with Crippen LogP contribution < -0.4 is 48.0 Å². The lowest BCUT2D eigenvalue weighted by atomic mass is 9.33. The Morgan fingerprint density at radius 2 is 0.829 bits per heavy atom. The van der Waals surface area contributed by atoms with Crippen LogP contribution in [0.1, 0.15) is 58.2 Å². The minimum absolute atomic E-state index is 0.157. The Kier molecular flexibility index (Phi) is 13.6. The van der Waals surface area contributed by atoms with Crippen molar-refractivity contribution < 1.29 is 8.83 Å². The van der Waals surface area contributed by atoms with Crippen molar-refractivity contribution in [3.8, 4) is 50.8 Å². The Morgan fingerprint density at radius 1 is 0.343 bits per heavy atom. The average molecular weight is 1340 g/mol. The highest BCUT2D eigenvalue weighted by Gasteiger charge is 2.45. The molecule has 12 heteroatoms. The molecule has 4 aromatic heterocycles. The van der Waals surface area contributed by atoms with Crippen molar-refractivity contribution in [2.45, 2.75) is 52.4 Å². The normalized spacial score (nSPS) is 12.9. The van der Waals surface area contributed by atoms with Gasteiger partial charge in [-0.15, -0.1) is 5.46 Å². The summed E-state index contributed by atoms with van der Waals surface area (Å²) in [6.07, 6.45) is 0. The molecule has 6 heterocycles. The number of para-hydroxylation sites is 3. The van der Waals surface area contributed by atoms with Crippen molar-refractivity contribution in [1.82, 2.24) is 9.13 Å². The molecular weight excluding hydrogens is 1270 g/mol. The molecule has 0 amide bonds. The number of hydrogen-bond donors (Lipinski definition) is 0. The van der Waals surface area contributed by atoms with E-state index >= 15 is 0 Å². The summed E-state index contributed by atoms with van der Waals surface area (Å²) in [6, 6.07) is 102. The molecule has 494 valence electrons. The number of rotatable bonds is 7. The Balaban J connectivity index is 0.956. The Hall–Kier alpha value is -12.3. The summed E-state index contributed by atoms with van der Waals surface area (Å²) in [7, 11) is 9.04. The molecule has 0 saturated carbocycles. The summed E-state index contributed by atoms with van der Waals surface area (Å²) in [6.45, 7) is 13.6. The van der Waals surface area contributed by atoms with E-state index in [1.54, 1.807) is 0 Å². The first-order valence-electron chi connectivity index (χ1n) is 36.6. The molecular formula is C93H70B5N5O2. The van der Waals surface area contributed by atoms with Gasteiger partial charge in [0.2, 0.25) is 0 Å². The second-order valence-corrected chi connectivity index (χ2v) is 31.2. The molecule has 0 bridgehead atoms. The largest absolute Gasteiger partial charge is 0.456 e. The highest BCUT2D eigenvalue weighted by Crippen LogP contribution is 2.53. The Bertz CT molecular complexity index is 6790. The van der Waals surface area contributed by atoms with Gasteiger partial charge in [0.05, 0.1) is 39.6 Å². The number of anilines is 6. The van der Waals surface area contributed by atoms with Gasteiger partial charge in [0, 0.05) is 93.9 Å². The van der Waals surface area contributed by atoms with Crippen LogP contribution in [0, 0.1) is 11.3 Å². The summed E-state index contributed by atoms with van der Waals surface area (Å²) in [4.78, 5) is 5.26. The Labute approximate surface area is 613 Å². The van der Waals surface area contributed by atoms with Crippen molar-refractivity contribution in [2.24, 2.45) is 0 Å². The van der Waals surface area contributed by atoms with Gasteiger partial charge in [-0.3, -0.25) is 0 Å². The standard InChI is InChI=1S/C93H70B5N5O2/c1-92(2,3)57-31-38-72(64(47-57)53-19-9-7-10-20-53)102-75-49-59(100-70-26-16-13-23-61(70)62-24-14-17-27-71(62)100)33-35-68(75)98-69-36-34-60(101-74-37-29-52(51-99)43-66(74)85-86(94)87(95)88(96)89(97)91(85)101)50-76(69)103(73-39-32-58(93(4,5)6)48-65(73)54-21-11-8-12-22-54)78-46-56(45-77(102)90(78)98)55-30-40-80-67(44-55)84-82(105-80)42-41-81-83(84)63-25-15-18-28-79(63)104-81/h7-50H,94-97H2,1-6H3. The molecule has 0 atom stereocenters. The summed E-state index contributed by atoms with van der Waals surface area (Å²) < 4.78 is 18.5. The predicted octanol–water partition coefficient (Wildman–Crippen LogP) is 16.3. The van der Waals surface area contributed by atoms with Crippen LogP contribution >= 0.6 is 0 Å². The fraction of sp³-hybridized carbons (Fsp3) is 0.0860. The maximum Gasteiger partial charge on any atom is 0.252 e. The van der Waals surface area contributed by atoms with Crippen molar-refractivity contribution in [3.63, 3.8) is 0 Å². The molecule has 0 fully saturated rings. The predicted molar refractivity (Wildman–Crippen MR) is 455 cm³/mol. The zero-order valence-corrected chi connectivity index (χ0v) is 60.5. The molecule has 7 nitrogen and oxygen atoms in total. The van der Waals surface area contributed by atoms with Gasteiger partial charge in [0.1, 0.15) is 53.7 Å².